The minimum atomic E-state index is -1.23. The van der Waals surface area contributed by atoms with Crippen molar-refractivity contribution in [3.8, 4) is 5.75 Å². The highest BCUT2D eigenvalue weighted by atomic mass is 16.5. The number of amides is 2. The van der Waals surface area contributed by atoms with E-state index in [1.54, 1.807) is 12.1 Å². The van der Waals surface area contributed by atoms with Crippen molar-refractivity contribution in [2.45, 2.75) is 32.4 Å². The zero-order chi connectivity index (χ0) is 18.9. The minimum Gasteiger partial charge on any atom is -0.490 e. The van der Waals surface area contributed by atoms with E-state index in [-0.39, 0.29) is 24.3 Å². The number of rotatable bonds is 2. The molecule has 2 bridgehead atoms. The maximum atomic E-state index is 12.6. The van der Waals surface area contributed by atoms with Crippen LogP contribution in [0.25, 0.3) is 0 Å². The standard InChI is InChI=1S/C19H26N2O5/c1-13(2)17-12-25-9-3-4-10-26-15-7-5-14(6-8-15)11-16(18(22)20-17)21-19(23)24/h3-8,13,16-17,21H,9-12H2,1-2H3,(H,20,22)(H,23,24)/b4-3-/t16-,17-/m1/s1. The van der Waals surface area contributed by atoms with Crippen molar-refractivity contribution in [1.29, 1.82) is 0 Å². The Hall–Kier alpha value is -2.54. The Morgan fingerprint density at radius 1 is 1.23 bits per heavy atom. The first-order valence-electron chi connectivity index (χ1n) is 8.70. The van der Waals surface area contributed by atoms with Gasteiger partial charge in [0.25, 0.3) is 0 Å². The molecular weight excluding hydrogens is 336 g/mol. The fourth-order valence-electron chi connectivity index (χ4n) is 2.54. The van der Waals surface area contributed by atoms with Crippen LogP contribution in [0.3, 0.4) is 0 Å². The average molecular weight is 362 g/mol. The fraction of sp³-hybridized carbons (Fsp3) is 0.474. The first-order chi connectivity index (χ1) is 12.5. The van der Waals surface area contributed by atoms with Gasteiger partial charge in [-0.15, -0.1) is 0 Å². The molecule has 26 heavy (non-hydrogen) atoms. The van der Waals surface area contributed by atoms with E-state index >= 15 is 0 Å². The lowest BCUT2D eigenvalue weighted by atomic mass is 10.0. The molecule has 142 valence electrons. The van der Waals surface area contributed by atoms with Gasteiger partial charge in [-0.2, -0.15) is 0 Å². The summed E-state index contributed by atoms with van der Waals surface area (Å²) < 4.78 is 11.2. The Labute approximate surface area is 153 Å². The molecule has 0 saturated heterocycles. The smallest absolute Gasteiger partial charge is 0.405 e. The molecule has 7 heteroatoms. The monoisotopic (exact) mass is 362 g/mol. The van der Waals surface area contributed by atoms with Crippen LogP contribution in [0, 0.1) is 5.92 Å². The van der Waals surface area contributed by atoms with E-state index in [1.807, 2.05) is 38.1 Å². The average Bonchev–Trinajstić information content (AvgIpc) is 2.59. The Morgan fingerprint density at radius 2 is 1.92 bits per heavy atom. The highest BCUT2D eigenvalue weighted by molar-refractivity contribution is 5.85. The summed E-state index contributed by atoms with van der Waals surface area (Å²) in [6.45, 7) is 5.17. The molecule has 1 aromatic carbocycles. The number of hydrogen-bond donors (Lipinski definition) is 3. The van der Waals surface area contributed by atoms with E-state index in [0.717, 1.165) is 5.56 Å². The van der Waals surface area contributed by atoms with E-state index < -0.39 is 12.1 Å². The van der Waals surface area contributed by atoms with Gasteiger partial charge in [-0.1, -0.05) is 32.1 Å². The van der Waals surface area contributed by atoms with Crippen LogP contribution in [-0.4, -0.2) is 49.0 Å². The number of carboxylic acid groups (broad SMARTS) is 1. The van der Waals surface area contributed by atoms with Gasteiger partial charge in [0.2, 0.25) is 5.91 Å². The third kappa shape index (κ3) is 6.40. The molecular formula is C19H26N2O5. The molecule has 2 atom stereocenters. The molecule has 0 fully saturated rings. The maximum Gasteiger partial charge on any atom is 0.405 e. The number of nitrogens with one attached hydrogen (secondary N) is 2. The van der Waals surface area contributed by atoms with Gasteiger partial charge in [0.15, 0.2) is 0 Å². The molecule has 2 amide bonds. The van der Waals surface area contributed by atoms with Crippen molar-refractivity contribution in [2.24, 2.45) is 5.92 Å². The topological polar surface area (TPSA) is 96.9 Å². The van der Waals surface area contributed by atoms with Crippen LogP contribution in [0.1, 0.15) is 19.4 Å². The van der Waals surface area contributed by atoms with Crippen LogP contribution in [0.2, 0.25) is 0 Å². The highest BCUT2D eigenvalue weighted by Gasteiger charge is 2.25. The lowest BCUT2D eigenvalue weighted by molar-refractivity contribution is -0.124. The Balaban J connectivity index is 2.21. The summed E-state index contributed by atoms with van der Waals surface area (Å²) in [6, 6.07) is 6.18. The van der Waals surface area contributed by atoms with E-state index in [4.69, 9.17) is 14.6 Å². The summed E-state index contributed by atoms with van der Waals surface area (Å²) in [4.78, 5) is 23.7. The highest BCUT2D eigenvalue weighted by Crippen LogP contribution is 2.14. The van der Waals surface area contributed by atoms with Gasteiger partial charge >= 0.3 is 6.09 Å². The summed E-state index contributed by atoms with van der Waals surface area (Å²) >= 11 is 0. The largest absolute Gasteiger partial charge is 0.490 e. The number of fused-ring (bicyclic) bond motifs is 12. The summed E-state index contributed by atoms with van der Waals surface area (Å²) in [7, 11) is 0. The maximum absolute atomic E-state index is 12.6. The van der Waals surface area contributed by atoms with Crippen LogP contribution in [0.5, 0.6) is 5.75 Å². The predicted octanol–water partition coefficient (Wildman–Crippen LogP) is 1.97. The first-order valence-corrected chi connectivity index (χ1v) is 8.70. The van der Waals surface area contributed by atoms with Crippen LogP contribution < -0.4 is 15.4 Å². The summed E-state index contributed by atoms with van der Waals surface area (Å²) in [6.07, 6.45) is 2.77. The molecule has 3 N–H and O–H groups in total. The van der Waals surface area contributed by atoms with Crippen molar-refractivity contribution >= 4 is 12.0 Å². The molecule has 0 aliphatic carbocycles. The van der Waals surface area contributed by atoms with E-state index in [0.29, 0.717) is 25.6 Å². The summed E-state index contributed by atoms with van der Waals surface area (Å²) in [5.74, 6) is 0.492. The quantitative estimate of drug-likeness (QED) is 0.699. The zero-order valence-corrected chi connectivity index (χ0v) is 15.1. The van der Waals surface area contributed by atoms with Crippen LogP contribution in [0.15, 0.2) is 36.4 Å². The number of hydrogen-bond acceptors (Lipinski definition) is 4. The second-order valence-electron chi connectivity index (χ2n) is 6.53. The number of carbonyl (C=O) groups excluding carboxylic acids is 1. The van der Waals surface area contributed by atoms with Crippen LogP contribution >= 0.6 is 0 Å². The first kappa shape index (κ1) is 19.8. The second kappa shape index (κ2) is 9.82. The molecule has 2 aliphatic rings. The Bertz CT molecular complexity index is 627. The van der Waals surface area contributed by atoms with Gasteiger partial charge in [0.05, 0.1) is 19.3 Å². The lowest BCUT2D eigenvalue weighted by Crippen LogP contribution is -2.52. The molecule has 0 spiro atoms. The van der Waals surface area contributed by atoms with Crippen molar-refractivity contribution in [3.05, 3.63) is 42.0 Å². The molecule has 7 nitrogen and oxygen atoms in total. The summed E-state index contributed by atoms with van der Waals surface area (Å²) in [5.41, 5.74) is 0.839. The van der Waals surface area contributed by atoms with Crippen molar-refractivity contribution in [2.75, 3.05) is 19.8 Å². The summed E-state index contributed by atoms with van der Waals surface area (Å²) in [5, 5.41) is 14.3. The third-order valence-corrected chi connectivity index (χ3v) is 4.13. The van der Waals surface area contributed by atoms with Crippen LogP contribution in [-0.2, 0) is 16.0 Å². The molecule has 3 rings (SSSR count). The SMILES string of the molecule is CC(C)[C@H]1COC/C=C\COc2ccc(cc2)C[C@@H](NC(=O)O)C(=O)N1. The Kier molecular flexibility index (Phi) is 7.47. The lowest BCUT2D eigenvalue weighted by Gasteiger charge is -2.25. The number of carbonyl (C=O) groups is 2. The van der Waals surface area contributed by atoms with Crippen LogP contribution in [0.4, 0.5) is 4.79 Å². The second-order valence-corrected chi connectivity index (χ2v) is 6.53. The minimum absolute atomic E-state index is 0.148. The Morgan fingerprint density at radius 3 is 2.58 bits per heavy atom. The van der Waals surface area contributed by atoms with E-state index in [1.165, 1.54) is 0 Å². The van der Waals surface area contributed by atoms with Crippen molar-refractivity contribution in [3.63, 3.8) is 0 Å². The molecule has 1 aromatic rings. The molecule has 2 aliphatic heterocycles. The van der Waals surface area contributed by atoms with E-state index in [2.05, 4.69) is 10.6 Å². The zero-order valence-electron chi connectivity index (χ0n) is 15.1. The van der Waals surface area contributed by atoms with Crippen molar-refractivity contribution in [1.82, 2.24) is 10.6 Å². The number of benzene rings is 1. The normalized spacial score (nSPS) is 23.1. The molecule has 0 radical (unpaired) electrons. The van der Waals surface area contributed by atoms with E-state index in [9.17, 15) is 9.59 Å². The molecule has 0 saturated carbocycles. The number of ether oxygens (including phenoxy) is 2. The van der Waals surface area contributed by atoms with Gasteiger partial charge in [0.1, 0.15) is 18.4 Å². The molecule has 2 heterocycles. The molecule has 0 unspecified atom stereocenters. The predicted molar refractivity (Wildman–Crippen MR) is 97.3 cm³/mol. The van der Waals surface area contributed by atoms with Gasteiger partial charge in [-0.25, -0.2) is 4.79 Å². The molecule has 0 aromatic heterocycles. The van der Waals surface area contributed by atoms with Gasteiger partial charge < -0.3 is 25.2 Å². The van der Waals surface area contributed by atoms with Gasteiger partial charge in [0, 0.05) is 6.42 Å². The van der Waals surface area contributed by atoms with Gasteiger partial charge in [-0.3, -0.25) is 4.79 Å². The van der Waals surface area contributed by atoms with Crippen molar-refractivity contribution < 1.29 is 24.2 Å². The third-order valence-electron chi connectivity index (χ3n) is 4.13. The fourth-order valence-corrected chi connectivity index (χ4v) is 2.54. The van der Waals surface area contributed by atoms with Gasteiger partial charge in [-0.05, 0) is 29.7 Å².